The molecule has 10 N–H and O–H groups in total. The third-order valence-corrected chi connectivity index (χ3v) is 5.81. The van der Waals surface area contributed by atoms with Crippen LogP contribution in [0.25, 0.3) is 6.08 Å². The molecular weight excluding hydrogens is 631 g/mol. The average molecular weight is 664 g/mol. The zero-order valence-electron chi connectivity index (χ0n) is 18.4. The van der Waals surface area contributed by atoms with Crippen LogP contribution in [-0.2, 0) is 35.4 Å². The van der Waals surface area contributed by atoms with E-state index in [1.54, 1.807) is 0 Å². The molecule has 0 aliphatic heterocycles. The third-order valence-electron chi connectivity index (χ3n) is 5.81. The molecule has 2 aliphatic carbocycles. The number of carbonyl (C=O) groups excluding carboxylic acids is 1. The van der Waals surface area contributed by atoms with Crippen molar-refractivity contribution in [2.24, 2.45) is 11.5 Å². The van der Waals surface area contributed by atoms with Crippen molar-refractivity contribution in [3.05, 3.63) is 29.8 Å². The number of carboxylic acid groups (broad SMARTS) is 1. The van der Waals surface area contributed by atoms with E-state index in [0.717, 1.165) is 18.9 Å². The van der Waals surface area contributed by atoms with Crippen LogP contribution >= 0.6 is 0 Å². The van der Waals surface area contributed by atoms with Gasteiger partial charge in [-0.2, -0.15) is 0 Å². The summed E-state index contributed by atoms with van der Waals surface area (Å²) in [7, 11) is 0. The molecule has 0 radical (unpaired) electrons. The second-order valence-corrected chi connectivity index (χ2v) is 8.47. The summed E-state index contributed by atoms with van der Waals surface area (Å²) in [4.78, 5) is 22.9. The molecule has 0 unspecified atom stereocenters. The quantitative estimate of drug-likeness (QED) is 0.117. The Morgan fingerprint density at radius 2 is 1.62 bits per heavy atom. The van der Waals surface area contributed by atoms with Gasteiger partial charge in [-0.3, -0.25) is 0 Å². The molecule has 0 aromatic heterocycles. The molecule has 2 aliphatic rings. The normalized spacial score (nSPS) is 31.0. The number of aliphatic hydroxyl groups is 3. The smallest absolute Gasteiger partial charge is 0.504 e. The number of aromatic hydroxyl groups is 2. The average Bonchev–Trinajstić information content (AvgIpc) is 2.75. The number of rotatable bonds is 4. The van der Waals surface area contributed by atoms with Crippen LogP contribution in [-0.4, -0.2) is 78.6 Å². The summed E-state index contributed by atoms with van der Waals surface area (Å²) in [6.45, 7) is 0. The van der Waals surface area contributed by atoms with Crippen LogP contribution in [0, 0.1) is 0 Å². The maximum Gasteiger partial charge on any atom is 2.00 e. The van der Waals surface area contributed by atoms with E-state index in [9.17, 15) is 35.1 Å². The number of aliphatic hydroxyl groups excluding tert-OH is 2. The molecule has 0 spiro atoms. The Hall–Kier alpha value is -2.01. The van der Waals surface area contributed by atoms with Gasteiger partial charge in [0.05, 0.1) is 6.10 Å². The number of phenols is 2. The summed E-state index contributed by atoms with van der Waals surface area (Å²) in [6, 6.07) is 4.39. The van der Waals surface area contributed by atoms with Gasteiger partial charge in [0.15, 0.2) is 17.1 Å². The molecule has 34 heavy (non-hydrogen) atoms. The first-order valence-corrected chi connectivity index (χ1v) is 10.7. The Morgan fingerprint density at radius 1 is 1.03 bits per heavy atom. The van der Waals surface area contributed by atoms with Crippen LogP contribution in [0.4, 0.5) is 0 Å². The fourth-order valence-electron chi connectivity index (χ4n) is 3.72. The minimum absolute atomic E-state index is 0. The first kappa shape index (κ1) is 30.0. The van der Waals surface area contributed by atoms with Crippen molar-refractivity contribution in [1.29, 1.82) is 0 Å². The zero-order chi connectivity index (χ0) is 24.8. The number of carboxylic acids is 1. The van der Waals surface area contributed by atoms with Crippen LogP contribution in [0.2, 0.25) is 0 Å². The molecule has 0 bridgehead atoms. The van der Waals surface area contributed by atoms with E-state index < -0.39 is 48.7 Å². The molecule has 1 aromatic carbocycles. The van der Waals surface area contributed by atoms with Crippen LogP contribution < -0.4 is 11.5 Å². The van der Waals surface area contributed by atoms with Gasteiger partial charge in [0.2, 0.25) is 0 Å². The van der Waals surface area contributed by atoms with Gasteiger partial charge in [-0.25, -0.2) is 9.59 Å². The van der Waals surface area contributed by atoms with E-state index >= 15 is 0 Å². The Morgan fingerprint density at radius 3 is 2.12 bits per heavy atom. The maximum absolute atomic E-state index is 11.8. The Balaban J connectivity index is 0.000000543. The van der Waals surface area contributed by atoms with E-state index in [1.807, 2.05) is 0 Å². The maximum atomic E-state index is 11.8. The van der Waals surface area contributed by atoms with Crippen LogP contribution in [0.5, 0.6) is 11.5 Å². The van der Waals surface area contributed by atoms with Crippen LogP contribution in [0.3, 0.4) is 0 Å². The van der Waals surface area contributed by atoms with E-state index in [2.05, 4.69) is 0 Å². The molecule has 0 heterocycles. The molecule has 12 heteroatoms. The molecule has 6 atom stereocenters. The summed E-state index contributed by atoms with van der Waals surface area (Å²) in [6.07, 6.45) is 1.36. The number of phenolic OH excluding ortho intramolecular Hbond substituents is 2. The van der Waals surface area contributed by atoms with Gasteiger partial charge in [0, 0.05) is 31.0 Å². The third kappa shape index (κ3) is 8.33. The number of nitrogens with two attached hydrogens (primary N) is 2. The van der Waals surface area contributed by atoms with Crippen LogP contribution in [0.15, 0.2) is 24.3 Å². The monoisotopic (exact) mass is 663 g/mol. The first-order valence-electron chi connectivity index (χ1n) is 10.7. The number of hydrogen-bond acceptors (Lipinski definition) is 10. The molecule has 192 valence electrons. The van der Waals surface area contributed by atoms with Crippen molar-refractivity contribution in [1.82, 2.24) is 0 Å². The molecule has 2 saturated carbocycles. The number of aliphatic carboxylic acids is 1. The second kappa shape index (κ2) is 13.2. The standard InChI is InChI=1S/C16H18O9.C6H14N2.Pt/c17-9-3-1-8(5-10(9)18)2-4-13(20)25-12-7-16(24,15(22)23)6-11(19)14(12)21;7-5-3-1-2-4-6(5)8;/h1-5,11-12,14,17-19,21,24H,6-7H2,(H,22,23);5-6H,1-4,7-8H2;/q;;+2/b4-2+;;/t11-,12-,14-,16+;5-,6-;/m11./s1. The second-order valence-electron chi connectivity index (χ2n) is 8.47. The molecule has 3 rings (SSSR count). The summed E-state index contributed by atoms with van der Waals surface area (Å²) in [5, 5.41) is 57.0. The Bertz CT molecular complexity index is 859. The number of ether oxygens (including phenoxy) is 1. The molecule has 0 saturated heterocycles. The van der Waals surface area contributed by atoms with Crippen molar-refractivity contribution in [3.8, 4) is 11.5 Å². The summed E-state index contributed by atoms with van der Waals surface area (Å²) >= 11 is 0. The number of esters is 1. The minimum Gasteiger partial charge on any atom is -0.504 e. The predicted octanol–water partition coefficient (Wildman–Crippen LogP) is -0.433. The van der Waals surface area contributed by atoms with Crippen LogP contribution in [0.1, 0.15) is 44.1 Å². The van der Waals surface area contributed by atoms with E-state index in [0.29, 0.717) is 5.56 Å². The summed E-state index contributed by atoms with van der Waals surface area (Å²) in [5.41, 5.74) is 9.37. The van der Waals surface area contributed by atoms with Gasteiger partial charge in [0.25, 0.3) is 0 Å². The zero-order valence-corrected chi connectivity index (χ0v) is 20.7. The van der Waals surface area contributed by atoms with Gasteiger partial charge >= 0.3 is 33.0 Å². The van der Waals surface area contributed by atoms with Crippen molar-refractivity contribution < 1.29 is 66.0 Å². The molecule has 1 aromatic rings. The molecule has 11 nitrogen and oxygen atoms in total. The van der Waals surface area contributed by atoms with Gasteiger partial charge in [-0.05, 0) is 36.6 Å². The number of hydrogen-bond donors (Lipinski definition) is 8. The van der Waals surface area contributed by atoms with Gasteiger partial charge in [-0.1, -0.05) is 18.9 Å². The topological polar surface area (TPSA) is 217 Å². The minimum atomic E-state index is -2.31. The van der Waals surface area contributed by atoms with Crippen molar-refractivity contribution in [2.45, 2.75) is 74.5 Å². The fraction of sp³-hybridized carbons (Fsp3) is 0.545. The predicted molar refractivity (Wildman–Crippen MR) is 117 cm³/mol. The summed E-state index contributed by atoms with van der Waals surface area (Å²) in [5.74, 6) is -3.24. The van der Waals surface area contributed by atoms with E-state index in [1.165, 1.54) is 37.1 Å². The fourth-order valence-corrected chi connectivity index (χ4v) is 3.72. The molecular formula is C22H32N2O9Pt+2. The van der Waals surface area contributed by atoms with Gasteiger partial charge < -0.3 is 46.8 Å². The Kier molecular flexibility index (Phi) is 11.6. The Labute approximate surface area is 211 Å². The van der Waals surface area contributed by atoms with Crippen molar-refractivity contribution >= 4 is 18.0 Å². The van der Waals surface area contributed by atoms with Gasteiger partial charge in [-0.15, -0.1) is 0 Å². The SMILES string of the molecule is N[C@@H]1CCCC[C@H]1N.O=C(/C=C/c1ccc(O)c(O)c1)O[C@@H]1C[C@](O)(C(=O)O)C[C@@H](O)[C@H]1O.[Pt+2]. The van der Waals surface area contributed by atoms with E-state index in [-0.39, 0.29) is 44.6 Å². The summed E-state index contributed by atoms with van der Waals surface area (Å²) < 4.78 is 4.92. The molecule has 2 fully saturated rings. The largest absolute Gasteiger partial charge is 2.00 e. The first-order chi connectivity index (χ1) is 15.4. The van der Waals surface area contributed by atoms with Gasteiger partial charge in [0.1, 0.15) is 12.2 Å². The van der Waals surface area contributed by atoms with Crippen molar-refractivity contribution in [2.75, 3.05) is 0 Å². The molecule has 0 amide bonds. The van der Waals surface area contributed by atoms with E-state index in [4.69, 9.17) is 21.3 Å². The van der Waals surface area contributed by atoms with Crippen molar-refractivity contribution in [3.63, 3.8) is 0 Å². The number of benzene rings is 1. The number of carbonyl (C=O) groups is 2.